The number of aromatic nitrogens is 2. The summed E-state index contributed by atoms with van der Waals surface area (Å²) in [5.41, 5.74) is 2.48. The molecule has 0 saturated heterocycles. The third-order valence-electron chi connectivity index (χ3n) is 4.03. The van der Waals surface area contributed by atoms with Crippen molar-refractivity contribution in [3.05, 3.63) is 15.9 Å². The van der Waals surface area contributed by atoms with Crippen molar-refractivity contribution in [1.82, 2.24) is 15.1 Å². The molecule has 0 spiro atoms. The predicted octanol–water partition coefficient (Wildman–Crippen LogP) is 4.11. The van der Waals surface area contributed by atoms with Crippen LogP contribution in [0.5, 0.6) is 0 Å². The number of aryl methyl sites for hydroxylation is 2. The van der Waals surface area contributed by atoms with E-state index in [1.54, 1.807) is 0 Å². The van der Waals surface area contributed by atoms with Gasteiger partial charge in [0, 0.05) is 25.5 Å². The quantitative estimate of drug-likeness (QED) is 0.715. The average molecular weight is 351 g/mol. The average Bonchev–Trinajstić information content (AvgIpc) is 2.71. The number of alkyl halides is 1. The Morgan fingerprint density at radius 3 is 2.42 bits per heavy atom. The third kappa shape index (κ3) is 3.96. The maximum atomic E-state index is 6.13. The van der Waals surface area contributed by atoms with Crippen LogP contribution in [-0.2, 0) is 13.1 Å². The van der Waals surface area contributed by atoms with Gasteiger partial charge in [0.25, 0.3) is 0 Å². The van der Waals surface area contributed by atoms with E-state index in [1.165, 1.54) is 5.69 Å². The fourth-order valence-electron chi connectivity index (χ4n) is 2.22. The molecule has 19 heavy (non-hydrogen) atoms. The molecule has 5 heteroatoms. The van der Waals surface area contributed by atoms with E-state index in [2.05, 4.69) is 47.1 Å². The highest BCUT2D eigenvalue weighted by molar-refractivity contribution is 9.10. The second-order valence-electron chi connectivity index (χ2n) is 5.11. The van der Waals surface area contributed by atoms with Crippen LogP contribution in [0.4, 0.5) is 0 Å². The molecular weight excluding hydrogens is 326 g/mol. The Morgan fingerprint density at radius 1 is 1.32 bits per heavy atom. The normalized spacial score (nSPS) is 12.1. The molecule has 0 unspecified atom stereocenters. The highest BCUT2D eigenvalue weighted by Crippen LogP contribution is 2.27. The number of hydrogen-bond donors (Lipinski definition) is 1. The molecule has 0 aliphatic heterocycles. The number of rotatable bonds is 8. The number of nitrogens with one attached hydrogen (secondary N) is 1. The van der Waals surface area contributed by atoms with Gasteiger partial charge in [0.2, 0.25) is 0 Å². The maximum Gasteiger partial charge on any atom is 0.0739 e. The lowest BCUT2D eigenvalue weighted by atomic mass is 9.84. The van der Waals surface area contributed by atoms with Crippen LogP contribution in [0.3, 0.4) is 0 Å². The summed E-state index contributed by atoms with van der Waals surface area (Å²) in [4.78, 5) is 0. The van der Waals surface area contributed by atoms with Gasteiger partial charge in [-0.1, -0.05) is 13.8 Å². The van der Waals surface area contributed by atoms with Crippen molar-refractivity contribution in [3.8, 4) is 0 Å². The first-order valence-corrected chi connectivity index (χ1v) is 8.34. The van der Waals surface area contributed by atoms with E-state index in [0.29, 0.717) is 5.88 Å². The van der Waals surface area contributed by atoms with Gasteiger partial charge in [0.1, 0.15) is 0 Å². The second kappa shape index (κ2) is 7.65. The summed E-state index contributed by atoms with van der Waals surface area (Å²) in [6.07, 6.45) is 2.21. The van der Waals surface area contributed by atoms with Gasteiger partial charge >= 0.3 is 0 Å². The Labute approximate surface area is 130 Å². The Hall–Kier alpha value is -0.0600. The molecule has 1 rings (SSSR count). The fourth-order valence-corrected chi connectivity index (χ4v) is 3.12. The molecule has 1 heterocycles. The molecule has 110 valence electrons. The number of halogens is 2. The molecule has 0 aliphatic rings. The van der Waals surface area contributed by atoms with Gasteiger partial charge < -0.3 is 5.32 Å². The van der Waals surface area contributed by atoms with Crippen LogP contribution in [0, 0.1) is 12.3 Å². The van der Waals surface area contributed by atoms with Crippen LogP contribution in [0.15, 0.2) is 4.47 Å². The third-order valence-corrected chi connectivity index (χ3v) is 5.63. The standard InChI is InChI=1S/C14H25BrClN3/c1-5-14(6-2,9-16)10-17-8-12-13(15)11(4)18-19(12)7-3/h17H,5-10H2,1-4H3. The van der Waals surface area contributed by atoms with Crippen molar-refractivity contribution in [2.45, 2.75) is 53.6 Å². The van der Waals surface area contributed by atoms with Gasteiger partial charge in [-0.25, -0.2) is 0 Å². The molecule has 1 N–H and O–H groups in total. The van der Waals surface area contributed by atoms with Gasteiger partial charge in [-0.2, -0.15) is 5.10 Å². The molecule has 0 aliphatic carbocycles. The SMILES string of the molecule is CCn1nc(C)c(Br)c1CNCC(CC)(CC)CCl. The van der Waals surface area contributed by atoms with Crippen molar-refractivity contribution < 1.29 is 0 Å². The first-order chi connectivity index (χ1) is 9.03. The summed E-state index contributed by atoms with van der Waals surface area (Å²) < 4.78 is 3.17. The lowest BCUT2D eigenvalue weighted by Gasteiger charge is -2.29. The molecule has 0 bridgehead atoms. The lowest BCUT2D eigenvalue weighted by molar-refractivity contribution is 0.284. The zero-order chi connectivity index (χ0) is 14.5. The highest BCUT2D eigenvalue weighted by atomic mass is 79.9. The summed E-state index contributed by atoms with van der Waals surface area (Å²) in [5, 5.41) is 8.06. The minimum atomic E-state index is 0.208. The van der Waals surface area contributed by atoms with E-state index in [0.717, 1.165) is 42.6 Å². The fraction of sp³-hybridized carbons (Fsp3) is 0.786. The predicted molar refractivity (Wildman–Crippen MR) is 85.8 cm³/mol. The van der Waals surface area contributed by atoms with Crippen molar-refractivity contribution in [3.63, 3.8) is 0 Å². The van der Waals surface area contributed by atoms with E-state index >= 15 is 0 Å². The van der Waals surface area contributed by atoms with E-state index in [-0.39, 0.29) is 5.41 Å². The molecule has 1 aromatic heterocycles. The summed E-state index contributed by atoms with van der Waals surface area (Å²) in [5.74, 6) is 0.709. The molecule has 3 nitrogen and oxygen atoms in total. The maximum absolute atomic E-state index is 6.13. The van der Waals surface area contributed by atoms with E-state index in [1.807, 2.05) is 11.6 Å². The summed E-state index contributed by atoms with van der Waals surface area (Å²) >= 11 is 9.76. The topological polar surface area (TPSA) is 29.9 Å². The zero-order valence-corrected chi connectivity index (χ0v) is 14.7. The van der Waals surface area contributed by atoms with E-state index in [9.17, 15) is 0 Å². The van der Waals surface area contributed by atoms with Crippen LogP contribution >= 0.6 is 27.5 Å². The Balaban J connectivity index is 2.67. The Kier molecular flexibility index (Phi) is 6.84. The van der Waals surface area contributed by atoms with Crippen molar-refractivity contribution in [2.24, 2.45) is 5.41 Å². The minimum Gasteiger partial charge on any atom is -0.311 e. The van der Waals surface area contributed by atoms with Gasteiger partial charge in [-0.05, 0) is 48.0 Å². The van der Waals surface area contributed by atoms with Gasteiger partial charge in [0.05, 0.1) is 15.9 Å². The summed E-state index contributed by atoms with van der Waals surface area (Å²) in [7, 11) is 0. The Bertz CT molecular complexity index is 391. The monoisotopic (exact) mass is 349 g/mol. The molecule has 0 saturated carbocycles. The largest absolute Gasteiger partial charge is 0.311 e. The van der Waals surface area contributed by atoms with Crippen LogP contribution in [0.25, 0.3) is 0 Å². The molecule has 0 fully saturated rings. The van der Waals surface area contributed by atoms with Crippen molar-refractivity contribution in [2.75, 3.05) is 12.4 Å². The number of nitrogens with zero attached hydrogens (tertiary/aromatic N) is 2. The number of hydrogen-bond acceptors (Lipinski definition) is 2. The molecule has 0 aromatic carbocycles. The van der Waals surface area contributed by atoms with E-state index in [4.69, 9.17) is 11.6 Å². The summed E-state index contributed by atoms with van der Waals surface area (Å²) in [6, 6.07) is 0. The first kappa shape index (κ1) is 17.0. The second-order valence-corrected chi connectivity index (χ2v) is 6.17. The summed E-state index contributed by atoms with van der Waals surface area (Å²) in [6.45, 7) is 11.2. The molecule has 0 atom stereocenters. The smallest absolute Gasteiger partial charge is 0.0739 e. The zero-order valence-electron chi connectivity index (χ0n) is 12.4. The van der Waals surface area contributed by atoms with Crippen molar-refractivity contribution >= 4 is 27.5 Å². The minimum absolute atomic E-state index is 0.208. The van der Waals surface area contributed by atoms with Crippen LogP contribution < -0.4 is 5.32 Å². The van der Waals surface area contributed by atoms with Crippen LogP contribution in [0.2, 0.25) is 0 Å². The Morgan fingerprint density at radius 2 is 1.95 bits per heavy atom. The van der Waals surface area contributed by atoms with Crippen LogP contribution in [0.1, 0.15) is 45.0 Å². The van der Waals surface area contributed by atoms with Gasteiger partial charge in [-0.15, -0.1) is 11.6 Å². The van der Waals surface area contributed by atoms with E-state index < -0.39 is 0 Å². The van der Waals surface area contributed by atoms with Crippen LogP contribution in [-0.4, -0.2) is 22.2 Å². The lowest BCUT2D eigenvalue weighted by Crippen LogP contribution is -2.35. The van der Waals surface area contributed by atoms with Gasteiger partial charge in [0.15, 0.2) is 0 Å². The first-order valence-electron chi connectivity index (χ1n) is 7.02. The highest BCUT2D eigenvalue weighted by Gasteiger charge is 2.24. The van der Waals surface area contributed by atoms with Gasteiger partial charge in [-0.3, -0.25) is 4.68 Å². The molecule has 0 amide bonds. The molecular formula is C14H25BrClN3. The molecule has 1 aromatic rings. The molecule has 0 radical (unpaired) electrons. The van der Waals surface area contributed by atoms with Crippen molar-refractivity contribution in [1.29, 1.82) is 0 Å².